The van der Waals surface area contributed by atoms with Crippen LogP contribution in [0.2, 0.25) is 0 Å². The van der Waals surface area contributed by atoms with Crippen molar-refractivity contribution in [1.82, 2.24) is 9.88 Å². The van der Waals surface area contributed by atoms with E-state index in [1.807, 2.05) is 34.6 Å². The van der Waals surface area contributed by atoms with E-state index in [0.717, 1.165) is 0 Å². The van der Waals surface area contributed by atoms with Gasteiger partial charge in [0.1, 0.15) is 18.1 Å². The molecule has 0 bridgehead atoms. The maximum Gasteiger partial charge on any atom is 0.411 e. The summed E-state index contributed by atoms with van der Waals surface area (Å²) >= 11 is 0. The fourth-order valence-corrected chi connectivity index (χ4v) is 2.40. The predicted octanol–water partition coefficient (Wildman–Crippen LogP) is 2.23. The molecular formula is C16H24N4O3. The van der Waals surface area contributed by atoms with Crippen LogP contribution in [0, 0.1) is 5.41 Å². The Balaban J connectivity index is 2.27. The number of pyridine rings is 1. The van der Waals surface area contributed by atoms with Crippen molar-refractivity contribution in [3.05, 3.63) is 18.3 Å². The van der Waals surface area contributed by atoms with Gasteiger partial charge in [0.05, 0.1) is 17.3 Å². The first-order valence-corrected chi connectivity index (χ1v) is 7.51. The van der Waals surface area contributed by atoms with Crippen LogP contribution >= 0.6 is 0 Å². The molecule has 1 saturated heterocycles. The molecule has 2 heterocycles. The lowest BCUT2D eigenvalue weighted by Crippen LogP contribution is -2.59. The molecule has 0 aromatic carbocycles. The van der Waals surface area contributed by atoms with Crippen molar-refractivity contribution >= 4 is 23.5 Å². The molecule has 2 N–H and O–H groups in total. The third-order valence-corrected chi connectivity index (χ3v) is 3.46. The summed E-state index contributed by atoms with van der Waals surface area (Å²) in [5.41, 5.74) is 4.89. The van der Waals surface area contributed by atoms with E-state index in [1.54, 1.807) is 12.1 Å². The number of carbonyl (C=O) groups excluding carboxylic acids is 2. The first-order valence-electron chi connectivity index (χ1n) is 7.51. The van der Waals surface area contributed by atoms with Gasteiger partial charge in [-0.2, -0.15) is 0 Å². The molecule has 23 heavy (non-hydrogen) atoms. The molecule has 1 aliphatic heterocycles. The van der Waals surface area contributed by atoms with E-state index in [4.69, 9.17) is 10.5 Å². The summed E-state index contributed by atoms with van der Waals surface area (Å²) in [7, 11) is 0. The van der Waals surface area contributed by atoms with E-state index in [2.05, 4.69) is 4.98 Å². The molecule has 1 fully saturated rings. The van der Waals surface area contributed by atoms with Gasteiger partial charge in [-0.15, -0.1) is 0 Å². The van der Waals surface area contributed by atoms with Gasteiger partial charge in [-0.05, 0) is 46.8 Å². The second kappa shape index (κ2) is 5.72. The quantitative estimate of drug-likeness (QED) is 0.857. The number of nitrogen functional groups attached to an aromatic ring is 1. The Morgan fingerprint density at radius 2 is 2.00 bits per heavy atom. The maximum absolute atomic E-state index is 12.7. The summed E-state index contributed by atoms with van der Waals surface area (Å²) in [5.74, 6) is 0.311. The minimum atomic E-state index is -0.712. The van der Waals surface area contributed by atoms with Crippen LogP contribution < -0.4 is 10.6 Å². The molecule has 7 nitrogen and oxygen atoms in total. The highest BCUT2D eigenvalue weighted by molar-refractivity contribution is 5.98. The lowest BCUT2D eigenvalue weighted by molar-refractivity contribution is -0.130. The lowest BCUT2D eigenvalue weighted by atomic mass is 9.89. The average molecular weight is 320 g/mol. The second-order valence-electron chi connectivity index (χ2n) is 7.38. The Hall–Kier alpha value is -2.31. The fourth-order valence-electron chi connectivity index (χ4n) is 2.40. The van der Waals surface area contributed by atoms with Crippen molar-refractivity contribution in [2.75, 3.05) is 23.8 Å². The normalized spacial score (nSPS) is 18.0. The Labute approximate surface area is 136 Å². The van der Waals surface area contributed by atoms with E-state index >= 15 is 0 Å². The van der Waals surface area contributed by atoms with Gasteiger partial charge < -0.3 is 10.5 Å². The molecule has 1 aromatic rings. The van der Waals surface area contributed by atoms with Crippen molar-refractivity contribution < 1.29 is 14.3 Å². The molecule has 0 atom stereocenters. The van der Waals surface area contributed by atoms with Gasteiger partial charge in [-0.1, -0.05) is 0 Å². The van der Waals surface area contributed by atoms with Crippen molar-refractivity contribution in [2.24, 2.45) is 5.41 Å². The molecule has 2 rings (SSSR count). The standard InChI is InChI=1S/C16H24N4O3/c1-15(2,3)23-14(22)19-9-16(4,5)13(21)20(10-19)11-6-7-12(17)18-8-11/h6-8H,9-10H2,1-5H3,(H2,17,18). The predicted molar refractivity (Wildman–Crippen MR) is 87.7 cm³/mol. The van der Waals surface area contributed by atoms with E-state index < -0.39 is 17.1 Å². The zero-order chi connectivity index (χ0) is 17.4. The highest BCUT2D eigenvalue weighted by atomic mass is 16.6. The lowest BCUT2D eigenvalue weighted by Gasteiger charge is -2.43. The van der Waals surface area contributed by atoms with Gasteiger partial charge in [0.2, 0.25) is 5.91 Å². The summed E-state index contributed by atoms with van der Waals surface area (Å²) in [4.78, 5) is 32.1. The topological polar surface area (TPSA) is 88.8 Å². The van der Waals surface area contributed by atoms with Gasteiger partial charge in [-0.25, -0.2) is 9.78 Å². The molecule has 0 radical (unpaired) electrons. The van der Waals surface area contributed by atoms with Crippen LogP contribution in [0.25, 0.3) is 0 Å². The number of anilines is 2. The maximum atomic E-state index is 12.7. The van der Waals surface area contributed by atoms with Crippen LogP contribution in [0.1, 0.15) is 34.6 Å². The van der Waals surface area contributed by atoms with Crippen LogP contribution in [0.4, 0.5) is 16.3 Å². The van der Waals surface area contributed by atoms with Crippen LogP contribution in [-0.2, 0) is 9.53 Å². The number of amides is 2. The van der Waals surface area contributed by atoms with Crippen molar-refractivity contribution in [3.63, 3.8) is 0 Å². The van der Waals surface area contributed by atoms with Crippen LogP contribution in [-0.4, -0.2) is 40.7 Å². The smallest absolute Gasteiger partial charge is 0.411 e. The van der Waals surface area contributed by atoms with Crippen molar-refractivity contribution in [2.45, 2.75) is 40.2 Å². The van der Waals surface area contributed by atoms with Gasteiger partial charge >= 0.3 is 6.09 Å². The number of hydrogen-bond donors (Lipinski definition) is 1. The molecule has 0 saturated carbocycles. The van der Waals surface area contributed by atoms with Crippen molar-refractivity contribution in [3.8, 4) is 0 Å². The SMILES string of the molecule is CC(C)(C)OC(=O)N1CN(c2ccc(N)nc2)C(=O)C(C)(C)C1. The van der Waals surface area contributed by atoms with Crippen LogP contribution in [0.3, 0.4) is 0 Å². The molecule has 1 aromatic heterocycles. The minimum absolute atomic E-state index is 0.0659. The molecule has 126 valence electrons. The Bertz CT molecular complexity index is 605. The van der Waals surface area contributed by atoms with E-state index in [9.17, 15) is 9.59 Å². The monoisotopic (exact) mass is 320 g/mol. The molecule has 7 heteroatoms. The van der Waals surface area contributed by atoms with E-state index in [0.29, 0.717) is 18.1 Å². The molecule has 0 unspecified atom stereocenters. The number of rotatable bonds is 1. The summed E-state index contributed by atoms with van der Waals surface area (Å²) in [6.07, 6.45) is 1.09. The Kier molecular flexibility index (Phi) is 4.24. The number of ether oxygens (including phenoxy) is 1. The molecule has 0 spiro atoms. The number of nitrogens with zero attached hydrogens (tertiary/aromatic N) is 3. The van der Waals surface area contributed by atoms with Gasteiger partial charge in [0.15, 0.2) is 0 Å². The summed E-state index contributed by atoms with van der Waals surface area (Å²) in [5, 5.41) is 0. The first kappa shape index (κ1) is 17.1. The molecule has 2 amide bonds. The van der Waals surface area contributed by atoms with E-state index in [1.165, 1.54) is 16.0 Å². The highest BCUT2D eigenvalue weighted by Crippen LogP contribution is 2.30. The highest BCUT2D eigenvalue weighted by Gasteiger charge is 2.42. The van der Waals surface area contributed by atoms with Gasteiger partial charge in [-0.3, -0.25) is 14.6 Å². The third kappa shape index (κ3) is 3.91. The van der Waals surface area contributed by atoms with Crippen LogP contribution in [0.5, 0.6) is 0 Å². The molecule has 0 aliphatic carbocycles. The summed E-state index contributed by atoms with van der Waals surface area (Å²) < 4.78 is 5.42. The Morgan fingerprint density at radius 3 is 2.52 bits per heavy atom. The van der Waals surface area contributed by atoms with Gasteiger partial charge in [0.25, 0.3) is 0 Å². The number of hydrogen-bond acceptors (Lipinski definition) is 5. The third-order valence-electron chi connectivity index (χ3n) is 3.46. The molecule has 1 aliphatic rings. The minimum Gasteiger partial charge on any atom is -0.444 e. The average Bonchev–Trinajstić information content (AvgIpc) is 2.41. The zero-order valence-electron chi connectivity index (χ0n) is 14.3. The van der Waals surface area contributed by atoms with Gasteiger partial charge in [0, 0.05) is 6.54 Å². The zero-order valence-corrected chi connectivity index (χ0v) is 14.3. The fraction of sp³-hybridized carbons (Fsp3) is 0.562. The Morgan fingerprint density at radius 1 is 1.35 bits per heavy atom. The largest absolute Gasteiger partial charge is 0.444 e. The van der Waals surface area contributed by atoms with Crippen molar-refractivity contribution in [1.29, 1.82) is 0 Å². The second-order valence-corrected chi connectivity index (χ2v) is 7.38. The van der Waals surface area contributed by atoms with E-state index in [-0.39, 0.29) is 12.6 Å². The number of carbonyl (C=O) groups is 2. The molecular weight excluding hydrogens is 296 g/mol. The number of aromatic nitrogens is 1. The van der Waals surface area contributed by atoms with Crippen LogP contribution in [0.15, 0.2) is 18.3 Å². The summed E-state index contributed by atoms with van der Waals surface area (Å²) in [6.45, 7) is 9.49. The number of nitrogens with two attached hydrogens (primary N) is 1. The summed E-state index contributed by atoms with van der Waals surface area (Å²) in [6, 6.07) is 3.34. The first-order chi connectivity index (χ1) is 10.5.